The van der Waals surface area contributed by atoms with E-state index in [0.29, 0.717) is 13.1 Å². The van der Waals surface area contributed by atoms with Gasteiger partial charge < -0.3 is 14.8 Å². The van der Waals surface area contributed by atoms with Crippen LogP contribution in [0, 0.1) is 6.92 Å². The second-order valence-electron chi connectivity index (χ2n) is 8.95. The van der Waals surface area contributed by atoms with Crippen molar-refractivity contribution in [3.8, 4) is 0 Å². The molecular formula is C26H33N5O. The molecule has 6 nitrogen and oxygen atoms in total. The van der Waals surface area contributed by atoms with Crippen LogP contribution in [-0.4, -0.2) is 64.3 Å². The highest BCUT2D eigenvalue weighted by Crippen LogP contribution is 2.20. The molecule has 6 heteroatoms. The van der Waals surface area contributed by atoms with Crippen molar-refractivity contribution in [2.24, 2.45) is 0 Å². The molecule has 0 unspecified atom stereocenters. The number of likely N-dealkylation sites (N-methyl/N-ethyl adjacent to an activating group) is 1. The third-order valence-corrected chi connectivity index (χ3v) is 6.04. The summed E-state index contributed by atoms with van der Waals surface area (Å²) in [5.41, 5.74) is 5.82. The van der Waals surface area contributed by atoms with E-state index in [0.717, 1.165) is 49.7 Å². The number of nitrogens with zero attached hydrogens (tertiary/aromatic N) is 4. The topological polar surface area (TPSA) is 55.5 Å². The Labute approximate surface area is 190 Å². The summed E-state index contributed by atoms with van der Waals surface area (Å²) in [6.07, 6.45) is 2.91. The molecule has 0 atom stereocenters. The molecular weight excluding hydrogens is 398 g/mol. The lowest BCUT2D eigenvalue weighted by Crippen LogP contribution is -2.36. The smallest absolute Gasteiger partial charge is 0.254 e. The summed E-state index contributed by atoms with van der Waals surface area (Å²) in [6, 6.07) is 16.8. The van der Waals surface area contributed by atoms with Gasteiger partial charge in [-0.1, -0.05) is 36.4 Å². The SMILES string of the molecule is Cc1ncc(CN(CCN(C)C)C(=O)c2ccc(CN3CCc4ccccc4C3)cc2)[nH]1. The highest BCUT2D eigenvalue weighted by Gasteiger charge is 2.19. The molecule has 2 heterocycles. The number of aromatic nitrogens is 2. The molecule has 0 aliphatic carbocycles. The molecule has 2 aromatic carbocycles. The van der Waals surface area contributed by atoms with E-state index in [9.17, 15) is 4.79 Å². The van der Waals surface area contributed by atoms with Gasteiger partial charge in [-0.3, -0.25) is 9.69 Å². The van der Waals surface area contributed by atoms with Crippen molar-refractivity contribution in [2.45, 2.75) is 33.0 Å². The quantitative estimate of drug-likeness (QED) is 0.593. The molecule has 0 bridgehead atoms. The Morgan fingerprint density at radius 3 is 2.50 bits per heavy atom. The first kappa shape index (κ1) is 22.2. The van der Waals surface area contributed by atoms with Crippen LogP contribution < -0.4 is 0 Å². The van der Waals surface area contributed by atoms with Crippen LogP contribution in [0.1, 0.15) is 38.6 Å². The first-order valence-electron chi connectivity index (χ1n) is 11.3. The Kier molecular flexibility index (Phi) is 7.02. The molecule has 4 rings (SSSR count). The van der Waals surface area contributed by atoms with Crippen molar-refractivity contribution in [2.75, 3.05) is 33.7 Å². The van der Waals surface area contributed by atoms with Crippen LogP contribution >= 0.6 is 0 Å². The zero-order valence-electron chi connectivity index (χ0n) is 19.3. The first-order chi connectivity index (χ1) is 15.5. The lowest BCUT2D eigenvalue weighted by Gasteiger charge is -2.28. The Balaban J connectivity index is 1.41. The lowest BCUT2D eigenvalue weighted by molar-refractivity contribution is 0.0730. The predicted molar refractivity (Wildman–Crippen MR) is 127 cm³/mol. The number of benzene rings is 2. The van der Waals surface area contributed by atoms with Gasteiger partial charge in [0.05, 0.1) is 18.4 Å². The number of hydrogen-bond donors (Lipinski definition) is 1. The van der Waals surface area contributed by atoms with Crippen LogP contribution in [0.25, 0.3) is 0 Å². The van der Waals surface area contributed by atoms with Gasteiger partial charge in [-0.2, -0.15) is 0 Å². The summed E-state index contributed by atoms with van der Waals surface area (Å²) in [4.78, 5) is 27.2. The van der Waals surface area contributed by atoms with Gasteiger partial charge in [0, 0.05) is 38.3 Å². The maximum atomic E-state index is 13.3. The molecule has 0 saturated heterocycles. The van der Waals surface area contributed by atoms with E-state index in [2.05, 4.69) is 56.2 Å². The highest BCUT2D eigenvalue weighted by molar-refractivity contribution is 5.94. The molecule has 1 amide bonds. The third-order valence-electron chi connectivity index (χ3n) is 6.04. The second kappa shape index (κ2) is 10.1. The van der Waals surface area contributed by atoms with E-state index >= 15 is 0 Å². The molecule has 0 radical (unpaired) electrons. The highest BCUT2D eigenvalue weighted by atomic mass is 16.2. The number of rotatable bonds is 8. The molecule has 0 spiro atoms. The van der Waals surface area contributed by atoms with Gasteiger partial charge in [-0.25, -0.2) is 4.98 Å². The number of amides is 1. The number of aromatic amines is 1. The standard InChI is InChI=1S/C26H33N5O/c1-20-27-16-25(28-20)19-31(15-14-29(2)3)26(32)23-10-8-21(9-11-23)17-30-13-12-22-6-4-5-7-24(22)18-30/h4-11,16H,12-15,17-19H2,1-3H3,(H,27,28). The van der Waals surface area contributed by atoms with Crippen LogP contribution in [0.2, 0.25) is 0 Å². The maximum Gasteiger partial charge on any atom is 0.254 e. The Hall–Kier alpha value is -2.96. The van der Waals surface area contributed by atoms with Crippen molar-refractivity contribution >= 4 is 5.91 Å². The Morgan fingerprint density at radius 2 is 1.81 bits per heavy atom. The van der Waals surface area contributed by atoms with Crippen LogP contribution in [0.3, 0.4) is 0 Å². The minimum absolute atomic E-state index is 0.0533. The first-order valence-corrected chi connectivity index (χ1v) is 11.3. The predicted octanol–water partition coefficient (Wildman–Crippen LogP) is 3.48. The molecule has 168 valence electrons. The minimum Gasteiger partial charge on any atom is -0.345 e. The number of carbonyl (C=O) groups excluding carboxylic acids is 1. The number of hydrogen-bond acceptors (Lipinski definition) is 4. The average Bonchev–Trinajstić information content (AvgIpc) is 3.21. The molecule has 1 aromatic heterocycles. The van der Waals surface area contributed by atoms with Gasteiger partial charge in [0.25, 0.3) is 5.91 Å². The lowest BCUT2D eigenvalue weighted by atomic mass is 9.99. The van der Waals surface area contributed by atoms with E-state index in [-0.39, 0.29) is 5.91 Å². The van der Waals surface area contributed by atoms with Crippen molar-refractivity contribution in [1.82, 2.24) is 24.7 Å². The molecule has 32 heavy (non-hydrogen) atoms. The fraction of sp³-hybridized carbons (Fsp3) is 0.385. The van der Waals surface area contributed by atoms with Gasteiger partial charge in [-0.05, 0) is 56.3 Å². The Bertz CT molecular complexity index is 1040. The number of aryl methyl sites for hydroxylation is 1. The van der Waals surface area contributed by atoms with Crippen molar-refractivity contribution in [3.05, 3.63) is 88.5 Å². The van der Waals surface area contributed by atoms with Crippen LogP contribution in [0.4, 0.5) is 0 Å². The van der Waals surface area contributed by atoms with Gasteiger partial charge in [0.2, 0.25) is 0 Å². The number of imidazole rings is 1. The van der Waals surface area contributed by atoms with Crippen LogP contribution in [-0.2, 0) is 26.1 Å². The number of H-pyrrole nitrogens is 1. The van der Waals surface area contributed by atoms with Crippen molar-refractivity contribution in [3.63, 3.8) is 0 Å². The molecule has 1 N–H and O–H groups in total. The van der Waals surface area contributed by atoms with Crippen LogP contribution in [0.15, 0.2) is 54.7 Å². The monoisotopic (exact) mass is 431 g/mol. The Morgan fingerprint density at radius 1 is 1.06 bits per heavy atom. The zero-order valence-corrected chi connectivity index (χ0v) is 19.3. The fourth-order valence-corrected chi connectivity index (χ4v) is 4.21. The van der Waals surface area contributed by atoms with Gasteiger partial charge in [-0.15, -0.1) is 0 Å². The molecule has 3 aromatic rings. The van der Waals surface area contributed by atoms with E-state index in [1.165, 1.54) is 16.7 Å². The van der Waals surface area contributed by atoms with E-state index in [4.69, 9.17) is 0 Å². The summed E-state index contributed by atoms with van der Waals surface area (Å²) in [5, 5.41) is 0. The summed E-state index contributed by atoms with van der Waals surface area (Å²) in [6.45, 7) is 6.89. The normalized spacial score (nSPS) is 13.9. The average molecular weight is 432 g/mol. The third kappa shape index (κ3) is 5.64. The number of carbonyl (C=O) groups is 1. The molecule has 0 fully saturated rings. The summed E-state index contributed by atoms with van der Waals surface area (Å²) >= 11 is 0. The summed E-state index contributed by atoms with van der Waals surface area (Å²) in [7, 11) is 4.05. The van der Waals surface area contributed by atoms with E-state index in [1.54, 1.807) is 0 Å². The summed E-state index contributed by atoms with van der Waals surface area (Å²) < 4.78 is 0. The number of fused-ring (bicyclic) bond motifs is 1. The number of nitrogens with one attached hydrogen (secondary N) is 1. The maximum absolute atomic E-state index is 13.3. The zero-order chi connectivity index (χ0) is 22.5. The molecule has 1 aliphatic heterocycles. The molecule has 1 aliphatic rings. The minimum atomic E-state index is 0.0533. The van der Waals surface area contributed by atoms with Gasteiger partial charge in [0.1, 0.15) is 5.82 Å². The second-order valence-corrected chi connectivity index (χ2v) is 8.95. The van der Waals surface area contributed by atoms with E-state index < -0.39 is 0 Å². The van der Waals surface area contributed by atoms with Crippen molar-refractivity contribution < 1.29 is 4.79 Å². The van der Waals surface area contributed by atoms with Gasteiger partial charge >= 0.3 is 0 Å². The fourth-order valence-electron chi connectivity index (χ4n) is 4.21. The summed E-state index contributed by atoms with van der Waals surface area (Å²) in [5.74, 6) is 0.919. The van der Waals surface area contributed by atoms with Crippen LogP contribution in [0.5, 0.6) is 0 Å². The molecule has 0 saturated carbocycles. The van der Waals surface area contributed by atoms with Crippen molar-refractivity contribution in [1.29, 1.82) is 0 Å². The van der Waals surface area contributed by atoms with Gasteiger partial charge in [0.15, 0.2) is 0 Å². The van der Waals surface area contributed by atoms with E-state index in [1.807, 2.05) is 44.2 Å². The largest absolute Gasteiger partial charge is 0.345 e.